The fraction of sp³-hybridized carbons (Fsp3) is 0.241. The first-order chi connectivity index (χ1) is 21.0. The fourth-order valence-corrected chi connectivity index (χ4v) is 5.37. The van der Waals surface area contributed by atoms with E-state index in [9.17, 15) is 15.0 Å². The molecule has 1 saturated heterocycles. The van der Waals surface area contributed by atoms with E-state index in [2.05, 4.69) is 40.5 Å². The predicted octanol–water partition coefficient (Wildman–Crippen LogP) is 1.92. The molecular formula is C29H27N9O5. The Hall–Kier alpha value is -5.18. The molecule has 1 fully saturated rings. The highest BCUT2D eigenvalue weighted by Gasteiger charge is 2.46. The smallest absolute Gasteiger partial charge is 0.270 e. The summed E-state index contributed by atoms with van der Waals surface area (Å²) in [7, 11) is 1.52. The molecule has 0 spiro atoms. The van der Waals surface area contributed by atoms with Crippen LogP contribution in [-0.2, 0) is 11.3 Å². The Labute approximate surface area is 243 Å². The first-order valence-corrected chi connectivity index (χ1v) is 13.6. The number of aromatic amines is 1. The fourth-order valence-electron chi connectivity index (χ4n) is 5.37. The Morgan fingerprint density at radius 1 is 1.09 bits per heavy atom. The summed E-state index contributed by atoms with van der Waals surface area (Å²) in [6.07, 6.45) is -0.249. The Morgan fingerprint density at radius 2 is 1.91 bits per heavy atom. The number of anilines is 1. The van der Waals surface area contributed by atoms with E-state index in [0.29, 0.717) is 34.8 Å². The molecule has 0 bridgehead atoms. The number of imidazole rings is 2. The number of fused-ring (bicyclic) bond motifs is 3. The summed E-state index contributed by atoms with van der Waals surface area (Å²) in [6, 6.07) is 15.6. The molecule has 5 heterocycles. The number of carbonyl (C=O) groups excluding carboxylic acids is 1. The van der Waals surface area contributed by atoms with Gasteiger partial charge < -0.3 is 35.3 Å². The van der Waals surface area contributed by atoms with Crippen molar-refractivity contribution in [3.63, 3.8) is 0 Å². The van der Waals surface area contributed by atoms with E-state index in [-0.39, 0.29) is 5.69 Å². The molecule has 1 aliphatic heterocycles. The quantitative estimate of drug-likeness (QED) is 0.177. The van der Waals surface area contributed by atoms with Gasteiger partial charge in [-0.3, -0.25) is 9.36 Å². The van der Waals surface area contributed by atoms with Gasteiger partial charge in [0.05, 0.1) is 43.1 Å². The SMILES string of the molecule is COc1cc(C(=O)N[C@@H]2[C@H](O)[C@@H](CO)O[C@H]2n2cnc3c(NCc4nc5ccccc5[nH]4)ncnc32)nc2ccccc12. The van der Waals surface area contributed by atoms with Gasteiger partial charge in [-0.15, -0.1) is 0 Å². The van der Waals surface area contributed by atoms with Crippen molar-refractivity contribution in [3.8, 4) is 5.75 Å². The number of rotatable bonds is 8. The predicted molar refractivity (Wildman–Crippen MR) is 155 cm³/mol. The third kappa shape index (κ3) is 4.76. The number of aliphatic hydroxyl groups excluding tert-OH is 2. The van der Waals surface area contributed by atoms with Gasteiger partial charge in [-0.05, 0) is 24.3 Å². The number of methoxy groups -OCH3 is 1. The summed E-state index contributed by atoms with van der Waals surface area (Å²) < 4.78 is 13.1. The number of aromatic nitrogens is 7. The van der Waals surface area contributed by atoms with Crippen molar-refractivity contribution in [2.24, 2.45) is 0 Å². The van der Waals surface area contributed by atoms with Crippen LogP contribution in [0.5, 0.6) is 5.75 Å². The first-order valence-electron chi connectivity index (χ1n) is 13.6. The lowest BCUT2D eigenvalue weighted by Crippen LogP contribution is -2.47. The Balaban J connectivity index is 1.17. The number of nitrogens with one attached hydrogen (secondary N) is 3. The van der Waals surface area contributed by atoms with E-state index in [1.54, 1.807) is 10.6 Å². The highest BCUT2D eigenvalue weighted by atomic mass is 16.5. The number of hydrogen-bond donors (Lipinski definition) is 5. The highest BCUT2D eigenvalue weighted by molar-refractivity contribution is 5.97. The van der Waals surface area contributed by atoms with Gasteiger partial charge >= 0.3 is 0 Å². The van der Waals surface area contributed by atoms with Crippen molar-refractivity contribution >= 4 is 44.8 Å². The number of amides is 1. The van der Waals surface area contributed by atoms with Crippen LogP contribution in [0.25, 0.3) is 33.1 Å². The van der Waals surface area contributed by atoms with Crippen molar-refractivity contribution in [1.82, 2.24) is 39.8 Å². The van der Waals surface area contributed by atoms with Crippen molar-refractivity contribution in [1.29, 1.82) is 0 Å². The number of H-pyrrole nitrogens is 1. The maximum absolute atomic E-state index is 13.4. The number of ether oxygens (including phenoxy) is 2. The largest absolute Gasteiger partial charge is 0.496 e. The van der Waals surface area contributed by atoms with E-state index in [1.165, 1.54) is 25.8 Å². The highest BCUT2D eigenvalue weighted by Crippen LogP contribution is 2.33. The second kappa shape index (κ2) is 10.9. The summed E-state index contributed by atoms with van der Waals surface area (Å²) in [6.45, 7) is -0.0994. The molecule has 1 aliphatic rings. The number of aliphatic hydroxyl groups is 2. The second-order valence-electron chi connectivity index (χ2n) is 10.1. The normalized spacial score (nSPS) is 20.2. The van der Waals surface area contributed by atoms with Gasteiger partial charge in [-0.2, -0.15) is 0 Å². The van der Waals surface area contributed by atoms with Crippen molar-refractivity contribution in [2.75, 3.05) is 19.0 Å². The summed E-state index contributed by atoms with van der Waals surface area (Å²) >= 11 is 0. The van der Waals surface area contributed by atoms with E-state index < -0.39 is 37.0 Å². The maximum atomic E-state index is 13.4. The lowest BCUT2D eigenvalue weighted by molar-refractivity contribution is -0.0440. The molecule has 1 amide bonds. The van der Waals surface area contributed by atoms with E-state index in [4.69, 9.17) is 9.47 Å². The van der Waals surface area contributed by atoms with Gasteiger partial charge in [-0.1, -0.05) is 24.3 Å². The summed E-state index contributed by atoms with van der Waals surface area (Å²) in [5.74, 6) is 1.13. The van der Waals surface area contributed by atoms with E-state index >= 15 is 0 Å². The minimum absolute atomic E-state index is 0.101. The van der Waals surface area contributed by atoms with Gasteiger partial charge in [0.1, 0.15) is 41.8 Å². The summed E-state index contributed by atoms with van der Waals surface area (Å²) in [5.41, 5.74) is 3.33. The standard InChI is InChI=1S/C29H27N9O5/c1-42-20-10-19(34-16-7-3-2-6-15(16)20)28(41)37-23-25(40)21(12-39)43-29(23)38-14-33-24-26(31-13-32-27(24)38)30-11-22-35-17-8-4-5-9-18(17)36-22/h2-10,13-14,21,23,25,29,39-40H,11-12H2,1H3,(H,35,36)(H,37,41)(H,30,31,32)/t21-,23-,25-,29-/m1/s1. The van der Waals surface area contributed by atoms with Gasteiger partial charge in [-0.25, -0.2) is 24.9 Å². The van der Waals surface area contributed by atoms with Crippen LogP contribution in [0, 0.1) is 0 Å². The van der Waals surface area contributed by atoms with Gasteiger partial charge in [0, 0.05) is 11.5 Å². The van der Waals surface area contributed by atoms with Crippen LogP contribution >= 0.6 is 0 Å². The monoisotopic (exact) mass is 581 g/mol. The Bertz CT molecular complexity index is 1920. The molecule has 4 atom stereocenters. The van der Waals surface area contributed by atoms with Crippen LogP contribution in [0.4, 0.5) is 5.82 Å². The number of nitrogens with zero attached hydrogens (tertiary/aromatic N) is 6. The molecule has 0 radical (unpaired) electrons. The zero-order chi connectivity index (χ0) is 29.5. The average Bonchev–Trinajstić information content (AvgIpc) is 3.74. The topological polar surface area (TPSA) is 185 Å². The van der Waals surface area contributed by atoms with Crippen LogP contribution in [0.3, 0.4) is 0 Å². The van der Waals surface area contributed by atoms with Crippen LogP contribution in [0.2, 0.25) is 0 Å². The van der Waals surface area contributed by atoms with Crippen LogP contribution in [0.1, 0.15) is 22.5 Å². The molecule has 0 saturated carbocycles. The Morgan fingerprint density at radius 3 is 2.72 bits per heavy atom. The minimum atomic E-state index is -1.23. The van der Waals surface area contributed by atoms with Crippen molar-refractivity contribution < 1.29 is 24.5 Å². The molecule has 7 rings (SSSR count). The molecule has 4 aromatic heterocycles. The van der Waals surface area contributed by atoms with Gasteiger partial charge in [0.25, 0.3) is 5.91 Å². The number of benzene rings is 2. The molecule has 2 aromatic carbocycles. The molecular weight excluding hydrogens is 554 g/mol. The average molecular weight is 582 g/mol. The van der Waals surface area contributed by atoms with E-state index in [0.717, 1.165) is 22.2 Å². The zero-order valence-corrected chi connectivity index (χ0v) is 22.9. The van der Waals surface area contributed by atoms with Crippen LogP contribution in [-0.4, -0.2) is 82.6 Å². The molecule has 5 N–H and O–H groups in total. The second-order valence-corrected chi connectivity index (χ2v) is 10.1. The van der Waals surface area contributed by atoms with E-state index in [1.807, 2.05) is 42.5 Å². The molecule has 14 nitrogen and oxygen atoms in total. The molecule has 43 heavy (non-hydrogen) atoms. The lowest BCUT2D eigenvalue weighted by Gasteiger charge is -2.23. The molecule has 0 aliphatic carbocycles. The lowest BCUT2D eigenvalue weighted by atomic mass is 10.1. The summed E-state index contributed by atoms with van der Waals surface area (Å²) in [5, 5.41) is 27.8. The number of carbonyl (C=O) groups is 1. The summed E-state index contributed by atoms with van der Waals surface area (Å²) in [4.78, 5) is 39.0. The van der Waals surface area contributed by atoms with Gasteiger partial charge in [0.15, 0.2) is 23.2 Å². The van der Waals surface area contributed by atoms with Crippen LogP contribution < -0.4 is 15.4 Å². The molecule has 6 aromatic rings. The van der Waals surface area contributed by atoms with Gasteiger partial charge in [0.2, 0.25) is 0 Å². The third-order valence-electron chi connectivity index (χ3n) is 7.47. The number of pyridine rings is 1. The number of hydrogen-bond acceptors (Lipinski definition) is 11. The molecule has 218 valence electrons. The third-order valence-corrected chi connectivity index (χ3v) is 7.47. The Kier molecular flexibility index (Phi) is 6.77. The van der Waals surface area contributed by atoms with Crippen molar-refractivity contribution in [2.45, 2.75) is 31.0 Å². The first kappa shape index (κ1) is 26.7. The molecule has 14 heteroatoms. The minimum Gasteiger partial charge on any atom is -0.496 e. The zero-order valence-electron chi connectivity index (χ0n) is 22.9. The molecule has 0 unspecified atom stereocenters. The number of para-hydroxylation sites is 3. The van der Waals surface area contributed by atoms with Crippen LogP contribution in [0.15, 0.2) is 67.3 Å². The maximum Gasteiger partial charge on any atom is 0.270 e. The van der Waals surface area contributed by atoms with Crippen molar-refractivity contribution in [3.05, 3.63) is 78.8 Å².